The van der Waals surface area contributed by atoms with E-state index in [1.807, 2.05) is 0 Å². The van der Waals surface area contributed by atoms with Gasteiger partial charge in [0.05, 0.1) is 26.0 Å². The molecule has 0 fully saturated rings. The van der Waals surface area contributed by atoms with Gasteiger partial charge in [0.2, 0.25) is 11.8 Å². The van der Waals surface area contributed by atoms with Crippen LogP contribution in [0.1, 0.15) is 20.8 Å². The molecule has 0 aliphatic carbocycles. The van der Waals surface area contributed by atoms with Crippen molar-refractivity contribution in [3.63, 3.8) is 0 Å². The van der Waals surface area contributed by atoms with Crippen LogP contribution < -0.4 is 14.2 Å². The standard InChI is InChI=1S/C14H24N2O6S/c1-7-21-14(3,9-23(6,17)18)10(2)22-13-15-11(19-4)8-12(16-13)20-5/h8,10H,7,9H2,1-6H3. The lowest BCUT2D eigenvalue weighted by Gasteiger charge is -2.34. The summed E-state index contributed by atoms with van der Waals surface area (Å²) in [5, 5.41) is 0. The second kappa shape index (κ2) is 7.78. The SMILES string of the molecule is CCOC(C)(CS(C)(=O)=O)C(C)Oc1nc(OC)cc(OC)n1. The van der Waals surface area contributed by atoms with Crippen molar-refractivity contribution in [2.24, 2.45) is 0 Å². The molecule has 0 bridgehead atoms. The monoisotopic (exact) mass is 348 g/mol. The summed E-state index contributed by atoms with van der Waals surface area (Å²) in [6, 6.07) is 1.53. The maximum absolute atomic E-state index is 11.7. The van der Waals surface area contributed by atoms with Gasteiger partial charge in [-0.05, 0) is 20.8 Å². The van der Waals surface area contributed by atoms with E-state index in [-0.39, 0.29) is 23.5 Å². The first-order valence-corrected chi connectivity index (χ1v) is 9.15. The minimum atomic E-state index is -3.26. The highest BCUT2D eigenvalue weighted by Crippen LogP contribution is 2.25. The van der Waals surface area contributed by atoms with Gasteiger partial charge in [0.25, 0.3) is 0 Å². The number of nitrogens with zero attached hydrogens (tertiary/aromatic N) is 2. The molecule has 0 radical (unpaired) electrons. The Morgan fingerprint density at radius 1 is 1.22 bits per heavy atom. The van der Waals surface area contributed by atoms with Crippen LogP contribution >= 0.6 is 0 Å². The van der Waals surface area contributed by atoms with Gasteiger partial charge < -0.3 is 18.9 Å². The van der Waals surface area contributed by atoms with Crippen LogP contribution in [-0.2, 0) is 14.6 Å². The van der Waals surface area contributed by atoms with E-state index < -0.39 is 21.5 Å². The highest BCUT2D eigenvalue weighted by Gasteiger charge is 2.38. The van der Waals surface area contributed by atoms with Crippen LogP contribution in [0.5, 0.6) is 17.8 Å². The molecule has 9 heteroatoms. The summed E-state index contributed by atoms with van der Waals surface area (Å²) in [7, 11) is -0.340. The van der Waals surface area contributed by atoms with Crippen molar-refractivity contribution in [1.82, 2.24) is 9.97 Å². The van der Waals surface area contributed by atoms with Gasteiger partial charge in [-0.25, -0.2) is 8.42 Å². The maximum Gasteiger partial charge on any atom is 0.323 e. The van der Waals surface area contributed by atoms with Gasteiger partial charge in [0.15, 0.2) is 0 Å². The molecule has 23 heavy (non-hydrogen) atoms. The molecule has 0 saturated carbocycles. The van der Waals surface area contributed by atoms with Crippen molar-refractivity contribution in [3.8, 4) is 17.8 Å². The highest BCUT2D eigenvalue weighted by molar-refractivity contribution is 7.90. The van der Waals surface area contributed by atoms with Crippen molar-refractivity contribution in [1.29, 1.82) is 0 Å². The molecule has 0 aliphatic rings. The molecule has 8 nitrogen and oxygen atoms in total. The lowest BCUT2D eigenvalue weighted by atomic mass is 10.0. The minimum absolute atomic E-state index is 0.0214. The van der Waals surface area contributed by atoms with Crippen LogP contribution in [0.3, 0.4) is 0 Å². The molecule has 0 N–H and O–H groups in total. The zero-order valence-electron chi connectivity index (χ0n) is 14.3. The average molecular weight is 348 g/mol. The van der Waals surface area contributed by atoms with Crippen molar-refractivity contribution < 1.29 is 27.4 Å². The normalized spacial score (nSPS) is 15.6. The summed E-state index contributed by atoms with van der Waals surface area (Å²) < 4.78 is 44.8. The van der Waals surface area contributed by atoms with Crippen molar-refractivity contribution in [2.45, 2.75) is 32.5 Å². The summed E-state index contributed by atoms with van der Waals surface area (Å²) in [4.78, 5) is 8.14. The smallest absolute Gasteiger partial charge is 0.323 e. The van der Waals surface area contributed by atoms with Crippen LogP contribution in [0.2, 0.25) is 0 Å². The fraction of sp³-hybridized carbons (Fsp3) is 0.714. The molecule has 0 aromatic carbocycles. The molecule has 0 amide bonds. The Labute approximate surface area is 137 Å². The van der Waals surface area contributed by atoms with E-state index in [1.54, 1.807) is 20.8 Å². The van der Waals surface area contributed by atoms with E-state index in [2.05, 4.69) is 9.97 Å². The Kier molecular flexibility index (Phi) is 6.57. The number of hydrogen-bond acceptors (Lipinski definition) is 8. The number of methoxy groups -OCH3 is 2. The van der Waals surface area contributed by atoms with E-state index in [0.717, 1.165) is 6.26 Å². The highest BCUT2D eigenvalue weighted by atomic mass is 32.2. The van der Waals surface area contributed by atoms with Gasteiger partial charge in [0.1, 0.15) is 21.5 Å². The first-order valence-electron chi connectivity index (χ1n) is 7.09. The third-order valence-corrected chi connectivity index (χ3v) is 4.34. The Morgan fingerprint density at radius 3 is 2.13 bits per heavy atom. The van der Waals surface area contributed by atoms with Crippen molar-refractivity contribution in [2.75, 3.05) is 32.8 Å². The Hall–Kier alpha value is -1.61. The van der Waals surface area contributed by atoms with Gasteiger partial charge in [-0.2, -0.15) is 9.97 Å². The fourth-order valence-electron chi connectivity index (χ4n) is 2.06. The van der Waals surface area contributed by atoms with Gasteiger partial charge in [0, 0.05) is 12.9 Å². The fourth-order valence-corrected chi connectivity index (χ4v) is 3.41. The Bertz CT molecular complexity index is 599. The summed E-state index contributed by atoms with van der Waals surface area (Å²) in [5.41, 5.74) is -1.04. The molecule has 1 aromatic rings. The first-order chi connectivity index (χ1) is 10.6. The Balaban J connectivity index is 3.04. The number of sulfone groups is 1. The van der Waals surface area contributed by atoms with Gasteiger partial charge in [-0.1, -0.05) is 0 Å². The molecule has 0 spiro atoms. The van der Waals surface area contributed by atoms with Crippen LogP contribution in [0.25, 0.3) is 0 Å². The largest absolute Gasteiger partial charge is 0.481 e. The van der Waals surface area contributed by atoms with E-state index in [1.165, 1.54) is 20.3 Å². The average Bonchev–Trinajstić information content (AvgIpc) is 2.45. The molecular weight excluding hydrogens is 324 g/mol. The van der Waals surface area contributed by atoms with E-state index >= 15 is 0 Å². The summed E-state index contributed by atoms with van der Waals surface area (Å²) >= 11 is 0. The molecule has 1 aromatic heterocycles. The number of hydrogen-bond donors (Lipinski definition) is 0. The molecule has 2 unspecified atom stereocenters. The lowest BCUT2D eigenvalue weighted by Crippen LogP contribution is -2.49. The van der Waals surface area contributed by atoms with Crippen LogP contribution in [0.4, 0.5) is 0 Å². The molecule has 2 atom stereocenters. The molecular formula is C14H24N2O6S. The van der Waals surface area contributed by atoms with Crippen LogP contribution in [0.15, 0.2) is 6.07 Å². The molecule has 0 aliphatic heterocycles. The Morgan fingerprint density at radius 2 is 1.74 bits per heavy atom. The minimum Gasteiger partial charge on any atom is -0.481 e. The van der Waals surface area contributed by atoms with Crippen LogP contribution in [0, 0.1) is 0 Å². The van der Waals surface area contributed by atoms with E-state index in [9.17, 15) is 8.42 Å². The lowest BCUT2D eigenvalue weighted by molar-refractivity contribution is -0.0789. The predicted octanol–water partition coefficient (Wildman–Crippen LogP) is 1.10. The maximum atomic E-state index is 11.7. The second-order valence-corrected chi connectivity index (χ2v) is 7.45. The third-order valence-electron chi connectivity index (χ3n) is 3.24. The molecule has 0 saturated heterocycles. The van der Waals surface area contributed by atoms with Gasteiger partial charge in [-0.15, -0.1) is 0 Å². The van der Waals surface area contributed by atoms with Gasteiger partial charge >= 0.3 is 6.01 Å². The second-order valence-electron chi connectivity index (χ2n) is 5.31. The number of aromatic nitrogens is 2. The third kappa shape index (κ3) is 5.83. The van der Waals surface area contributed by atoms with Gasteiger partial charge in [-0.3, -0.25) is 0 Å². The van der Waals surface area contributed by atoms with E-state index in [0.29, 0.717) is 6.61 Å². The van der Waals surface area contributed by atoms with Crippen LogP contribution in [-0.4, -0.2) is 62.9 Å². The zero-order valence-corrected chi connectivity index (χ0v) is 15.1. The topological polar surface area (TPSA) is 96.8 Å². The molecule has 132 valence electrons. The van der Waals surface area contributed by atoms with E-state index in [4.69, 9.17) is 18.9 Å². The van der Waals surface area contributed by atoms with Crippen molar-refractivity contribution >= 4 is 9.84 Å². The first kappa shape index (κ1) is 19.4. The predicted molar refractivity (Wildman–Crippen MR) is 85.0 cm³/mol. The summed E-state index contributed by atoms with van der Waals surface area (Å²) in [6.07, 6.45) is 0.538. The molecule has 1 rings (SSSR count). The zero-order chi connectivity index (χ0) is 17.7. The summed E-state index contributed by atoms with van der Waals surface area (Å²) in [6.45, 7) is 5.52. The van der Waals surface area contributed by atoms with Crippen molar-refractivity contribution in [3.05, 3.63) is 6.07 Å². The molecule has 1 heterocycles. The number of ether oxygens (including phenoxy) is 4. The quantitative estimate of drug-likeness (QED) is 0.654. The summed E-state index contributed by atoms with van der Waals surface area (Å²) in [5.74, 6) is 0.372. The number of rotatable bonds is 9.